The van der Waals surface area contributed by atoms with Crippen LogP contribution in [0.3, 0.4) is 0 Å². The summed E-state index contributed by atoms with van der Waals surface area (Å²) in [5, 5.41) is 14.9. The van der Waals surface area contributed by atoms with E-state index in [1.807, 2.05) is 25.2 Å². The van der Waals surface area contributed by atoms with Crippen LogP contribution in [0.5, 0.6) is 5.75 Å². The van der Waals surface area contributed by atoms with Gasteiger partial charge in [0.15, 0.2) is 17.4 Å². The van der Waals surface area contributed by atoms with E-state index >= 15 is 0 Å². The number of phenols is 1. The third kappa shape index (κ3) is 5.69. The molecule has 40 heavy (non-hydrogen) atoms. The number of hydrogen-bond donors (Lipinski definition) is 2. The summed E-state index contributed by atoms with van der Waals surface area (Å²) in [6.45, 7) is 8.78. The highest BCUT2D eigenvalue weighted by atomic mass is 32.1. The summed E-state index contributed by atoms with van der Waals surface area (Å²) in [5.41, 5.74) is 1.77. The standard InChI is InChI=1S/C29H34N8O2S/c1-29(2,3)24(20-10-6-5-7-11-20)32-25-26(34-40-33-25)35(4)22-13-8-12-21(23(22)38)27(39)36-16-18-37(19-17-36)28-30-14-9-15-31-28/h5-15,24,38H,16-19H2,1-4H3,(H,32,33)/t24-/m0/s1. The zero-order valence-electron chi connectivity index (χ0n) is 23.2. The number of nitrogens with zero attached hydrogens (tertiary/aromatic N) is 7. The lowest BCUT2D eigenvalue weighted by Gasteiger charge is -2.35. The fourth-order valence-electron chi connectivity index (χ4n) is 4.90. The summed E-state index contributed by atoms with van der Waals surface area (Å²) in [4.78, 5) is 27.7. The summed E-state index contributed by atoms with van der Waals surface area (Å²) in [6.07, 6.45) is 3.42. The second kappa shape index (κ2) is 11.5. The molecule has 0 saturated carbocycles. The average molecular weight is 559 g/mol. The van der Waals surface area contributed by atoms with Gasteiger partial charge in [0, 0.05) is 45.6 Å². The van der Waals surface area contributed by atoms with Crippen molar-refractivity contribution in [3.8, 4) is 5.75 Å². The van der Waals surface area contributed by atoms with Crippen molar-refractivity contribution in [2.75, 3.05) is 48.3 Å². The average Bonchev–Trinajstić information content (AvgIpc) is 3.44. The minimum absolute atomic E-state index is 0.0220. The largest absolute Gasteiger partial charge is 0.505 e. The molecule has 4 aromatic rings. The number of aromatic hydroxyl groups is 1. The molecule has 1 atom stereocenters. The fraction of sp³-hybridized carbons (Fsp3) is 0.345. The molecule has 2 aromatic heterocycles. The molecule has 5 rings (SSSR count). The SMILES string of the molecule is CN(c1cccc(C(=O)N2CCN(c3ncccn3)CC2)c1O)c1nsnc1N[C@@H](c1ccccc1)C(C)(C)C. The minimum Gasteiger partial charge on any atom is -0.505 e. The molecule has 2 N–H and O–H groups in total. The van der Waals surface area contributed by atoms with Crippen molar-refractivity contribution in [2.45, 2.75) is 26.8 Å². The number of hydrogen-bond acceptors (Lipinski definition) is 10. The lowest BCUT2D eigenvalue weighted by atomic mass is 9.82. The van der Waals surface area contributed by atoms with Crippen molar-refractivity contribution < 1.29 is 9.90 Å². The topological polar surface area (TPSA) is 111 Å². The van der Waals surface area contributed by atoms with Crippen LogP contribution in [0.2, 0.25) is 0 Å². The van der Waals surface area contributed by atoms with Crippen molar-refractivity contribution in [1.82, 2.24) is 23.6 Å². The van der Waals surface area contributed by atoms with Gasteiger partial charge >= 0.3 is 0 Å². The molecule has 0 bridgehead atoms. The van der Waals surface area contributed by atoms with E-state index in [0.717, 1.165) is 17.3 Å². The molecular weight excluding hydrogens is 524 g/mol. The van der Waals surface area contributed by atoms with E-state index in [2.05, 4.69) is 61.8 Å². The Morgan fingerprint density at radius 1 is 0.975 bits per heavy atom. The molecule has 1 fully saturated rings. The quantitative estimate of drug-likeness (QED) is 0.325. The molecule has 2 aromatic carbocycles. The van der Waals surface area contributed by atoms with E-state index in [1.54, 1.807) is 46.5 Å². The molecule has 0 spiro atoms. The van der Waals surface area contributed by atoms with Gasteiger partial charge in [-0.3, -0.25) is 4.79 Å². The molecule has 1 saturated heterocycles. The number of carbonyl (C=O) groups excluding carboxylic acids is 1. The second-order valence-electron chi connectivity index (χ2n) is 10.9. The molecule has 1 aliphatic rings. The minimum atomic E-state index is -0.215. The molecule has 3 heterocycles. The lowest BCUT2D eigenvalue weighted by Crippen LogP contribution is -2.49. The molecular formula is C29H34N8O2S. The van der Waals surface area contributed by atoms with Gasteiger partial charge in [0.05, 0.1) is 29.0 Å². The number of aromatic nitrogens is 4. The first-order chi connectivity index (χ1) is 19.2. The fourth-order valence-corrected chi connectivity index (χ4v) is 5.44. The zero-order valence-corrected chi connectivity index (χ0v) is 24.0. The van der Waals surface area contributed by atoms with E-state index in [1.165, 1.54) is 0 Å². The van der Waals surface area contributed by atoms with Crippen molar-refractivity contribution >= 4 is 40.9 Å². The predicted octanol–water partition coefficient (Wildman–Crippen LogP) is 4.96. The highest BCUT2D eigenvalue weighted by molar-refractivity contribution is 6.99. The molecule has 0 unspecified atom stereocenters. The smallest absolute Gasteiger partial charge is 0.257 e. The number of piperazine rings is 1. The van der Waals surface area contributed by atoms with Crippen LogP contribution in [0.25, 0.3) is 0 Å². The van der Waals surface area contributed by atoms with E-state index in [-0.39, 0.29) is 28.7 Å². The highest BCUT2D eigenvalue weighted by Gasteiger charge is 2.30. The van der Waals surface area contributed by atoms with Gasteiger partial charge in [-0.05, 0) is 29.2 Å². The number of carbonyl (C=O) groups is 1. The summed E-state index contributed by atoms with van der Waals surface area (Å²) in [7, 11) is 1.82. The van der Waals surface area contributed by atoms with Crippen molar-refractivity contribution in [3.63, 3.8) is 0 Å². The summed E-state index contributed by atoms with van der Waals surface area (Å²) in [5.74, 6) is 1.55. The maximum absolute atomic E-state index is 13.5. The molecule has 0 radical (unpaired) electrons. The summed E-state index contributed by atoms with van der Waals surface area (Å²) in [6, 6.07) is 17.2. The van der Waals surface area contributed by atoms with E-state index in [0.29, 0.717) is 49.5 Å². The van der Waals surface area contributed by atoms with Crippen LogP contribution in [-0.4, -0.2) is 67.9 Å². The van der Waals surface area contributed by atoms with Crippen molar-refractivity contribution in [2.24, 2.45) is 5.41 Å². The van der Waals surface area contributed by atoms with Gasteiger partial charge in [-0.15, -0.1) is 0 Å². The van der Waals surface area contributed by atoms with Gasteiger partial charge in [0.2, 0.25) is 5.95 Å². The van der Waals surface area contributed by atoms with Crippen LogP contribution in [0.1, 0.15) is 42.7 Å². The van der Waals surface area contributed by atoms with Crippen LogP contribution >= 0.6 is 11.7 Å². The summed E-state index contributed by atoms with van der Waals surface area (Å²) < 4.78 is 9.07. The Hall–Kier alpha value is -4.25. The van der Waals surface area contributed by atoms with Gasteiger partial charge in [-0.25, -0.2) is 9.97 Å². The van der Waals surface area contributed by atoms with Gasteiger partial charge in [-0.1, -0.05) is 57.2 Å². The Bertz CT molecular complexity index is 1430. The Kier molecular flexibility index (Phi) is 7.83. The molecule has 10 nitrogen and oxygen atoms in total. The normalized spacial score (nSPS) is 14.6. The van der Waals surface area contributed by atoms with E-state index < -0.39 is 0 Å². The maximum atomic E-state index is 13.5. The second-order valence-corrected chi connectivity index (χ2v) is 11.4. The van der Waals surface area contributed by atoms with Crippen LogP contribution < -0.4 is 15.1 Å². The Morgan fingerprint density at radius 3 is 2.35 bits per heavy atom. The van der Waals surface area contributed by atoms with Crippen LogP contribution in [0.15, 0.2) is 67.0 Å². The van der Waals surface area contributed by atoms with Crippen LogP contribution in [0.4, 0.5) is 23.3 Å². The molecule has 208 valence electrons. The number of anilines is 4. The van der Waals surface area contributed by atoms with Crippen LogP contribution in [0, 0.1) is 5.41 Å². The van der Waals surface area contributed by atoms with E-state index in [9.17, 15) is 9.90 Å². The van der Waals surface area contributed by atoms with Gasteiger partial charge in [0.25, 0.3) is 5.91 Å². The first-order valence-electron chi connectivity index (χ1n) is 13.2. The molecule has 1 amide bonds. The number of amides is 1. The van der Waals surface area contributed by atoms with Crippen molar-refractivity contribution in [1.29, 1.82) is 0 Å². The number of phenolic OH excluding ortho intramolecular Hbond substituents is 1. The third-order valence-corrected chi connectivity index (χ3v) is 7.60. The van der Waals surface area contributed by atoms with Gasteiger partial charge < -0.3 is 25.1 Å². The predicted molar refractivity (Wildman–Crippen MR) is 158 cm³/mol. The summed E-state index contributed by atoms with van der Waals surface area (Å²) >= 11 is 1.10. The number of rotatable bonds is 7. The Balaban J connectivity index is 1.34. The zero-order chi connectivity index (χ0) is 28.3. The number of benzene rings is 2. The molecule has 1 aliphatic heterocycles. The van der Waals surface area contributed by atoms with Crippen LogP contribution in [-0.2, 0) is 0 Å². The van der Waals surface area contributed by atoms with E-state index in [4.69, 9.17) is 0 Å². The van der Waals surface area contributed by atoms with Gasteiger partial charge in [-0.2, -0.15) is 8.75 Å². The first kappa shape index (κ1) is 27.3. The van der Waals surface area contributed by atoms with Gasteiger partial charge in [0.1, 0.15) is 0 Å². The molecule has 11 heteroatoms. The lowest BCUT2D eigenvalue weighted by molar-refractivity contribution is 0.0743. The highest BCUT2D eigenvalue weighted by Crippen LogP contribution is 2.41. The number of para-hydroxylation sites is 1. The Morgan fingerprint density at radius 2 is 1.68 bits per heavy atom. The monoisotopic (exact) mass is 558 g/mol. The molecule has 0 aliphatic carbocycles. The van der Waals surface area contributed by atoms with Crippen molar-refractivity contribution in [3.05, 3.63) is 78.1 Å². The number of nitrogens with one attached hydrogen (secondary N) is 1. The Labute approximate surface area is 238 Å². The maximum Gasteiger partial charge on any atom is 0.257 e. The first-order valence-corrected chi connectivity index (χ1v) is 14.0. The third-order valence-electron chi connectivity index (χ3n) is 7.08.